The van der Waals surface area contributed by atoms with Gasteiger partial charge in [-0.2, -0.15) is 0 Å². The summed E-state index contributed by atoms with van der Waals surface area (Å²) in [7, 11) is 0. The van der Waals surface area contributed by atoms with E-state index in [-0.39, 0.29) is 0 Å². The third-order valence-electron chi connectivity index (χ3n) is 12.8. The Balaban J connectivity index is 1.06. The average molecular weight is 815 g/mol. The summed E-state index contributed by atoms with van der Waals surface area (Å²) in [6, 6.07) is 92.8. The molecule has 1 aromatic heterocycles. The average Bonchev–Trinajstić information content (AvgIpc) is 3.71. The predicted molar refractivity (Wildman–Crippen MR) is 272 cm³/mol. The molecule has 300 valence electrons. The van der Waals surface area contributed by atoms with Gasteiger partial charge in [-0.3, -0.25) is 0 Å². The van der Waals surface area contributed by atoms with Crippen molar-refractivity contribution in [1.82, 2.24) is 4.57 Å². The second-order valence-corrected chi connectivity index (χ2v) is 16.5. The summed E-state index contributed by atoms with van der Waals surface area (Å²) >= 11 is 0. The lowest BCUT2D eigenvalue weighted by Gasteiger charge is -2.29. The fraction of sp³-hybridized carbons (Fsp3) is 0. The van der Waals surface area contributed by atoms with Crippen LogP contribution < -0.4 is 4.90 Å². The minimum Gasteiger partial charge on any atom is -0.310 e. The Morgan fingerprint density at radius 2 is 0.812 bits per heavy atom. The van der Waals surface area contributed by atoms with Crippen LogP contribution in [0.5, 0.6) is 0 Å². The number of rotatable bonds is 8. The van der Waals surface area contributed by atoms with Gasteiger partial charge in [0.25, 0.3) is 0 Å². The highest BCUT2D eigenvalue weighted by Gasteiger charge is 2.21. The van der Waals surface area contributed by atoms with Crippen LogP contribution >= 0.6 is 0 Å². The highest BCUT2D eigenvalue weighted by Crippen LogP contribution is 2.46. The predicted octanol–water partition coefficient (Wildman–Crippen LogP) is 17.2. The maximum atomic E-state index is 2.45. The molecular formula is C62H42N2. The molecule has 0 saturated carbocycles. The van der Waals surface area contributed by atoms with Crippen molar-refractivity contribution in [2.24, 2.45) is 0 Å². The van der Waals surface area contributed by atoms with Crippen LogP contribution in [0.2, 0.25) is 0 Å². The van der Waals surface area contributed by atoms with E-state index in [1.54, 1.807) is 0 Å². The van der Waals surface area contributed by atoms with Crippen molar-refractivity contribution in [2.75, 3.05) is 4.90 Å². The van der Waals surface area contributed by atoms with Gasteiger partial charge in [0.15, 0.2) is 0 Å². The third kappa shape index (κ3) is 6.44. The molecule has 2 heteroatoms. The van der Waals surface area contributed by atoms with Crippen LogP contribution in [0.4, 0.5) is 17.1 Å². The first-order chi connectivity index (χ1) is 31.8. The number of fused-ring (bicyclic) bond motifs is 6. The molecule has 0 N–H and O–H groups in total. The van der Waals surface area contributed by atoms with Crippen LogP contribution in [0, 0.1) is 0 Å². The van der Waals surface area contributed by atoms with Crippen molar-refractivity contribution >= 4 is 60.4 Å². The second kappa shape index (κ2) is 15.8. The van der Waals surface area contributed by atoms with E-state index >= 15 is 0 Å². The molecule has 64 heavy (non-hydrogen) atoms. The molecule has 0 bridgehead atoms. The van der Waals surface area contributed by atoms with Gasteiger partial charge in [-0.15, -0.1) is 0 Å². The maximum absolute atomic E-state index is 2.45. The summed E-state index contributed by atoms with van der Waals surface area (Å²) in [6.07, 6.45) is 0. The first kappa shape index (κ1) is 37.3. The Hall–Kier alpha value is -8.46. The van der Waals surface area contributed by atoms with E-state index in [4.69, 9.17) is 0 Å². The quantitative estimate of drug-likeness (QED) is 0.139. The number of hydrogen-bond donors (Lipinski definition) is 0. The monoisotopic (exact) mass is 814 g/mol. The zero-order valence-corrected chi connectivity index (χ0v) is 35.1. The van der Waals surface area contributed by atoms with E-state index in [9.17, 15) is 0 Å². The summed E-state index contributed by atoms with van der Waals surface area (Å²) in [5, 5.41) is 7.51. The Kier molecular flexibility index (Phi) is 9.20. The first-order valence-corrected chi connectivity index (χ1v) is 22.0. The van der Waals surface area contributed by atoms with Gasteiger partial charge in [0.1, 0.15) is 0 Å². The molecule has 0 saturated heterocycles. The van der Waals surface area contributed by atoms with E-state index in [2.05, 4.69) is 264 Å². The largest absolute Gasteiger partial charge is 0.310 e. The van der Waals surface area contributed by atoms with Gasteiger partial charge in [0.05, 0.1) is 22.4 Å². The van der Waals surface area contributed by atoms with Gasteiger partial charge in [-0.1, -0.05) is 200 Å². The Morgan fingerprint density at radius 3 is 1.55 bits per heavy atom. The number of benzene rings is 11. The molecule has 0 aliphatic heterocycles. The van der Waals surface area contributed by atoms with Gasteiger partial charge >= 0.3 is 0 Å². The zero-order chi connectivity index (χ0) is 42.4. The van der Waals surface area contributed by atoms with Gasteiger partial charge in [-0.25, -0.2) is 0 Å². The molecule has 0 atom stereocenters. The van der Waals surface area contributed by atoms with E-state index in [0.717, 1.165) is 45.0 Å². The second-order valence-electron chi connectivity index (χ2n) is 16.5. The molecule has 12 aromatic rings. The van der Waals surface area contributed by atoms with Crippen LogP contribution in [0.1, 0.15) is 0 Å². The molecule has 0 amide bonds. The van der Waals surface area contributed by atoms with E-state index in [0.29, 0.717) is 0 Å². The first-order valence-electron chi connectivity index (χ1n) is 22.0. The Bertz CT molecular complexity index is 3610. The summed E-state index contributed by atoms with van der Waals surface area (Å²) in [4.78, 5) is 2.45. The molecule has 0 spiro atoms. The lowest BCUT2D eigenvalue weighted by atomic mass is 9.92. The highest BCUT2D eigenvalue weighted by molar-refractivity contribution is 6.14. The molecular weight excluding hydrogens is 773 g/mol. The molecule has 0 unspecified atom stereocenters. The topological polar surface area (TPSA) is 8.17 Å². The highest BCUT2D eigenvalue weighted by atomic mass is 15.1. The van der Waals surface area contributed by atoms with Crippen LogP contribution in [0.15, 0.2) is 255 Å². The molecule has 1 heterocycles. The van der Waals surface area contributed by atoms with Crippen molar-refractivity contribution in [3.8, 4) is 50.2 Å². The van der Waals surface area contributed by atoms with Crippen LogP contribution in [-0.2, 0) is 0 Å². The Morgan fingerprint density at radius 1 is 0.266 bits per heavy atom. The lowest BCUT2D eigenvalue weighted by Crippen LogP contribution is -2.11. The number of anilines is 3. The zero-order valence-electron chi connectivity index (χ0n) is 35.1. The number of hydrogen-bond acceptors (Lipinski definition) is 1. The molecule has 0 aliphatic rings. The summed E-state index contributed by atoms with van der Waals surface area (Å²) in [5.74, 6) is 0. The van der Waals surface area contributed by atoms with Crippen LogP contribution in [0.25, 0.3) is 93.5 Å². The molecule has 11 aromatic carbocycles. The van der Waals surface area contributed by atoms with Crippen molar-refractivity contribution < 1.29 is 0 Å². The SMILES string of the molecule is c1ccc(-c2ccc(-c3ccccc3)c(N(c3ccc(-c4ccccc4-n4c5ccccc5c5ccccc54)cc3)c3cccc(-c4cc5ccccc5c5ccccc45)c3)c2)cc1. The number of aromatic nitrogens is 1. The Labute approximate surface area is 373 Å². The number of para-hydroxylation sites is 3. The standard InChI is InChI=1S/C62H42N2/c1-3-18-43(19-4-1)46-36-39-53(44-20-5-2-6-21-44)62(42-46)63(50-24-17-23-47(40-50)58-41-48-22-7-8-25-51(48)54-27-9-10-28-55(54)58)49-37-34-45(35-38-49)52-26-11-14-31-59(52)64-60-32-15-12-29-56(60)57-30-13-16-33-61(57)64/h1-42H. The fourth-order valence-corrected chi connectivity index (χ4v) is 9.81. The molecule has 0 fully saturated rings. The van der Waals surface area contributed by atoms with E-state index in [1.165, 1.54) is 65.6 Å². The maximum Gasteiger partial charge on any atom is 0.0546 e. The van der Waals surface area contributed by atoms with Gasteiger partial charge < -0.3 is 9.47 Å². The molecule has 2 nitrogen and oxygen atoms in total. The number of nitrogens with zero attached hydrogens (tertiary/aromatic N) is 2. The molecule has 0 aliphatic carbocycles. The molecule has 0 radical (unpaired) electrons. The van der Waals surface area contributed by atoms with Crippen LogP contribution in [0.3, 0.4) is 0 Å². The van der Waals surface area contributed by atoms with Gasteiger partial charge in [-0.05, 0) is 110 Å². The third-order valence-corrected chi connectivity index (χ3v) is 12.8. The van der Waals surface area contributed by atoms with Gasteiger partial charge in [0.2, 0.25) is 0 Å². The fourth-order valence-electron chi connectivity index (χ4n) is 9.81. The van der Waals surface area contributed by atoms with Crippen molar-refractivity contribution in [3.05, 3.63) is 255 Å². The van der Waals surface area contributed by atoms with Crippen molar-refractivity contribution in [2.45, 2.75) is 0 Å². The van der Waals surface area contributed by atoms with Crippen LogP contribution in [-0.4, -0.2) is 4.57 Å². The van der Waals surface area contributed by atoms with Crippen molar-refractivity contribution in [3.63, 3.8) is 0 Å². The van der Waals surface area contributed by atoms with E-state index < -0.39 is 0 Å². The van der Waals surface area contributed by atoms with Gasteiger partial charge in [0, 0.05) is 33.3 Å². The smallest absolute Gasteiger partial charge is 0.0546 e. The summed E-state index contributed by atoms with van der Waals surface area (Å²) in [5.41, 5.74) is 16.2. The summed E-state index contributed by atoms with van der Waals surface area (Å²) < 4.78 is 2.42. The lowest BCUT2D eigenvalue weighted by molar-refractivity contribution is 1.18. The minimum absolute atomic E-state index is 1.07. The molecule has 12 rings (SSSR count). The normalized spacial score (nSPS) is 11.4. The minimum atomic E-state index is 1.07. The summed E-state index contributed by atoms with van der Waals surface area (Å²) in [6.45, 7) is 0. The van der Waals surface area contributed by atoms with E-state index in [1.807, 2.05) is 0 Å². The van der Waals surface area contributed by atoms with Crippen molar-refractivity contribution in [1.29, 1.82) is 0 Å².